The Morgan fingerprint density at radius 1 is 1.10 bits per heavy atom. The third kappa shape index (κ3) is 3.43. The maximum absolute atomic E-state index is 11.4. The van der Waals surface area contributed by atoms with Crippen LogP contribution < -0.4 is 10.1 Å². The van der Waals surface area contributed by atoms with Crippen LogP contribution in [-0.4, -0.2) is 11.4 Å². The van der Waals surface area contributed by atoms with Gasteiger partial charge in [0, 0.05) is 12.0 Å². The van der Waals surface area contributed by atoms with E-state index in [9.17, 15) is 4.79 Å². The van der Waals surface area contributed by atoms with E-state index in [-0.39, 0.29) is 11.4 Å². The molecule has 1 N–H and O–H groups in total. The summed E-state index contributed by atoms with van der Waals surface area (Å²) in [5.74, 6) is 1.80. The Morgan fingerprint density at radius 3 is 2.57 bits per heavy atom. The van der Waals surface area contributed by atoms with Crippen LogP contribution in [0.2, 0.25) is 0 Å². The molecule has 2 aromatic carbocycles. The fourth-order valence-electron chi connectivity index (χ4n) is 2.78. The molecule has 1 saturated heterocycles. The number of ether oxygens (including phenoxy) is 1. The van der Waals surface area contributed by atoms with Crippen LogP contribution in [0, 0.1) is 0 Å². The van der Waals surface area contributed by atoms with Gasteiger partial charge in [0.1, 0.15) is 11.5 Å². The minimum absolute atomic E-state index is 0.136. The number of para-hydroxylation sites is 1. The maximum atomic E-state index is 11.4. The lowest BCUT2D eigenvalue weighted by atomic mass is 9.91. The summed E-state index contributed by atoms with van der Waals surface area (Å²) in [6.45, 7) is 2.10. The Balaban J connectivity index is 1.73. The highest BCUT2D eigenvalue weighted by molar-refractivity contribution is 5.79. The molecule has 2 aromatic rings. The van der Waals surface area contributed by atoms with Gasteiger partial charge in [0.2, 0.25) is 5.91 Å². The molecule has 0 radical (unpaired) electrons. The second-order valence-electron chi connectivity index (χ2n) is 5.85. The van der Waals surface area contributed by atoms with E-state index in [0.29, 0.717) is 6.42 Å². The van der Waals surface area contributed by atoms with Gasteiger partial charge in [0.05, 0.1) is 0 Å². The number of amides is 1. The Kier molecular flexibility index (Phi) is 3.65. The number of hydrogen-bond acceptors (Lipinski definition) is 2. The van der Waals surface area contributed by atoms with Crippen LogP contribution in [0.25, 0.3) is 0 Å². The first-order valence-electron chi connectivity index (χ1n) is 7.26. The van der Waals surface area contributed by atoms with E-state index in [0.717, 1.165) is 24.3 Å². The van der Waals surface area contributed by atoms with Crippen molar-refractivity contribution in [2.24, 2.45) is 0 Å². The number of nitrogens with one attached hydrogen (secondary N) is 1. The van der Waals surface area contributed by atoms with E-state index in [4.69, 9.17) is 4.74 Å². The first kappa shape index (κ1) is 13.7. The monoisotopic (exact) mass is 281 g/mol. The van der Waals surface area contributed by atoms with Crippen molar-refractivity contribution in [2.75, 3.05) is 0 Å². The zero-order chi connectivity index (χ0) is 14.7. The van der Waals surface area contributed by atoms with Crippen molar-refractivity contribution in [1.82, 2.24) is 5.32 Å². The van der Waals surface area contributed by atoms with Crippen LogP contribution in [-0.2, 0) is 11.2 Å². The van der Waals surface area contributed by atoms with E-state index < -0.39 is 0 Å². The van der Waals surface area contributed by atoms with Crippen molar-refractivity contribution >= 4 is 5.91 Å². The summed E-state index contributed by atoms with van der Waals surface area (Å²) >= 11 is 0. The van der Waals surface area contributed by atoms with Crippen molar-refractivity contribution in [3.05, 3.63) is 60.2 Å². The van der Waals surface area contributed by atoms with Crippen molar-refractivity contribution < 1.29 is 9.53 Å². The van der Waals surface area contributed by atoms with Gasteiger partial charge in [-0.15, -0.1) is 0 Å². The predicted molar refractivity (Wildman–Crippen MR) is 82.4 cm³/mol. The largest absolute Gasteiger partial charge is 0.457 e. The lowest BCUT2D eigenvalue weighted by Gasteiger charge is -2.24. The minimum Gasteiger partial charge on any atom is -0.457 e. The molecule has 1 atom stereocenters. The number of hydrogen-bond donors (Lipinski definition) is 1. The van der Waals surface area contributed by atoms with Crippen molar-refractivity contribution in [3.63, 3.8) is 0 Å². The van der Waals surface area contributed by atoms with Gasteiger partial charge < -0.3 is 10.1 Å². The highest BCUT2D eigenvalue weighted by Gasteiger charge is 2.32. The van der Waals surface area contributed by atoms with E-state index in [2.05, 4.69) is 18.3 Å². The first-order valence-corrected chi connectivity index (χ1v) is 7.26. The van der Waals surface area contributed by atoms with Crippen LogP contribution in [0.5, 0.6) is 11.5 Å². The van der Waals surface area contributed by atoms with E-state index in [1.165, 1.54) is 5.56 Å². The molecule has 1 heterocycles. The van der Waals surface area contributed by atoms with Crippen LogP contribution in [0.3, 0.4) is 0 Å². The second kappa shape index (κ2) is 5.60. The van der Waals surface area contributed by atoms with Gasteiger partial charge in [-0.1, -0.05) is 30.3 Å². The summed E-state index contributed by atoms with van der Waals surface area (Å²) < 4.78 is 5.85. The van der Waals surface area contributed by atoms with Crippen LogP contribution in [0.15, 0.2) is 54.6 Å². The molecular formula is C18H19NO2. The lowest BCUT2D eigenvalue weighted by molar-refractivity contribution is -0.119. The molecule has 1 amide bonds. The molecular weight excluding hydrogens is 262 g/mol. The van der Waals surface area contributed by atoms with Crippen LogP contribution in [0.1, 0.15) is 25.3 Å². The van der Waals surface area contributed by atoms with Crippen molar-refractivity contribution in [2.45, 2.75) is 31.7 Å². The molecule has 0 bridgehead atoms. The van der Waals surface area contributed by atoms with Crippen LogP contribution in [0.4, 0.5) is 0 Å². The molecule has 0 saturated carbocycles. The third-order valence-electron chi connectivity index (χ3n) is 3.82. The standard InChI is InChI=1S/C18H19NO2/c1-18(11-10-17(20)19-18)13-14-6-5-9-16(12-14)21-15-7-3-2-4-8-15/h2-9,12H,10-11,13H2,1H3,(H,19,20). The molecule has 1 aliphatic heterocycles. The average Bonchev–Trinajstić information content (AvgIpc) is 2.79. The third-order valence-corrected chi connectivity index (χ3v) is 3.82. The molecule has 3 nitrogen and oxygen atoms in total. The van der Waals surface area contributed by atoms with E-state index in [1.54, 1.807) is 0 Å². The van der Waals surface area contributed by atoms with Gasteiger partial charge in [0.25, 0.3) is 0 Å². The Hall–Kier alpha value is -2.29. The maximum Gasteiger partial charge on any atom is 0.220 e. The molecule has 1 aliphatic rings. The summed E-state index contributed by atoms with van der Waals surface area (Å²) in [6, 6.07) is 17.8. The fourth-order valence-corrected chi connectivity index (χ4v) is 2.78. The summed E-state index contributed by atoms with van der Waals surface area (Å²) in [7, 11) is 0. The molecule has 0 spiro atoms. The van der Waals surface area contributed by atoms with Crippen LogP contribution >= 0.6 is 0 Å². The Labute approximate surface area is 124 Å². The van der Waals surface area contributed by atoms with Gasteiger partial charge in [-0.2, -0.15) is 0 Å². The Morgan fingerprint density at radius 2 is 1.86 bits per heavy atom. The SMILES string of the molecule is CC1(Cc2cccc(Oc3ccccc3)c2)CCC(=O)N1. The molecule has 0 aromatic heterocycles. The van der Waals surface area contributed by atoms with Crippen molar-refractivity contribution in [3.8, 4) is 11.5 Å². The number of rotatable bonds is 4. The molecule has 3 rings (SSSR count). The van der Waals surface area contributed by atoms with E-state index in [1.807, 2.05) is 48.5 Å². The number of benzene rings is 2. The zero-order valence-electron chi connectivity index (χ0n) is 12.1. The molecule has 1 fully saturated rings. The fraction of sp³-hybridized carbons (Fsp3) is 0.278. The summed E-state index contributed by atoms with van der Waals surface area (Å²) in [6.07, 6.45) is 2.33. The van der Waals surface area contributed by atoms with Gasteiger partial charge in [-0.25, -0.2) is 0 Å². The van der Waals surface area contributed by atoms with E-state index >= 15 is 0 Å². The van der Waals surface area contributed by atoms with Gasteiger partial charge in [-0.05, 0) is 49.6 Å². The topological polar surface area (TPSA) is 38.3 Å². The zero-order valence-corrected chi connectivity index (χ0v) is 12.1. The smallest absolute Gasteiger partial charge is 0.220 e. The second-order valence-corrected chi connectivity index (χ2v) is 5.85. The van der Waals surface area contributed by atoms with Crippen molar-refractivity contribution in [1.29, 1.82) is 0 Å². The molecule has 1 unspecified atom stereocenters. The quantitative estimate of drug-likeness (QED) is 0.928. The summed E-state index contributed by atoms with van der Waals surface area (Å²) in [5.41, 5.74) is 1.04. The normalized spacial score (nSPS) is 21.1. The lowest BCUT2D eigenvalue weighted by Crippen LogP contribution is -2.40. The molecule has 0 aliphatic carbocycles. The molecule has 21 heavy (non-hydrogen) atoms. The predicted octanol–water partition coefficient (Wildman–Crippen LogP) is 3.69. The minimum atomic E-state index is -0.136. The number of carbonyl (C=O) groups is 1. The van der Waals surface area contributed by atoms with Gasteiger partial charge in [-0.3, -0.25) is 4.79 Å². The Bertz CT molecular complexity index is 639. The average molecular weight is 281 g/mol. The summed E-state index contributed by atoms with van der Waals surface area (Å²) in [5, 5.41) is 3.07. The summed E-state index contributed by atoms with van der Waals surface area (Å²) in [4.78, 5) is 11.4. The number of carbonyl (C=O) groups excluding carboxylic acids is 1. The molecule has 108 valence electrons. The van der Waals surface area contributed by atoms with Gasteiger partial charge in [0.15, 0.2) is 0 Å². The van der Waals surface area contributed by atoms with Gasteiger partial charge >= 0.3 is 0 Å². The highest BCUT2D eigenvalue weighted by Crippen LogP contribution is 2.27. The first-order chi connectivity index (χ1) is 10.1. The molecule has 3 heteroatoms. The highest BCUT2D eigenvalue weighted by atomic mass is 16.5.